The Morgan fingerprint density at radius 1 is 1.03 bits per heavy atom. The molecule has 3 rings (SSSR count). The maximum Gasteiger partial charge on any atom is 0.490 e. The zero-order valence-electron chi connectivity index (χ0n) is 20.0. The Bertz CT molecular complexity index is 1150. The van der Waals surface area contributed by atoms with E-state index in [1.807, 2.05) is 31.2 Å². The van der Waals surface area contributed by atoms with Gasteiger partial charge in [0, 0.05) is 33.2 Å². The number of nitrogens with zero attached hydrogens (tertiary/aromatic N) is 3. The number of para-hydroxylation sites is 2. The van der Waals surface area contributed by atoms with Crippen LogP contribution in [0.15, 0.2) is 53.4 Å². The van der Waals surface area contributed by atoms with Gasteiger partial charge < -0.3 is 19.6 Å². The maximum absolute atomic E-state index is 12.7. The van der Waals surface area contributed by atoms with Crippen LogP contribution in [0.4, 0.5) is 18.9 Å². The van der Waals surface area contributed by atoms with E-state index in [0.29, 0.717) is 26.2 Å². The van der Waals surface area contributed by atoms with Gasteiger partial charge in [-0.25, -0.2) is 13.2 Å². The van der Waals surface area contributed by atoms with Crippen molar-refractivity contribution in [2.45, 2.75) is 18.0 Å². The summed E-state index contributed by atoms with van der Waals surface area (Å²) in [5.41, 5.74) is 1.98. The van der Waals surface area contributed by atoms with Gasteiger partial charge in [0.2, 0.25) is 15.9 Å². The Hall–Kier alpha value is -3.32. The Balaban J connectivity index is 0.000000572. The lowest BCUT2D eigenvalue weighted by molar-refractivity contribution is -0.192. The highest BCUT2D eigenvalue weighted by molar-refractivity contribution is 7.89. The first-order valence-electron chi connectivity index (χ1n) is 10.8. The number of sulfonamides is 1. The number of amides is 1. The van der Waals surface area contributed by atoms with Gasteiger partial charge in [0.05, 0.1) is 24.2 Å². The van der Waals surface area contributed by atoms with Gasteiger partial charge in [0.1, 0.15) is 5.75 Å². The van der Waals surface area contributed by atoms with Crippen LogP contribution in [0, 0.1) is 6.92 Å². The molecule has 198 valence electrons. The molecule has 0 spiro atoms. The summed E-state index contributed by atoms with van der Waals surface area (Å²) >= 11 is 0. The number of piperazine rings is 1. The number of carboxylic acids is 1. The quantitative estimate of drug-likeness (QED) is 0.611. The van der Waals surface area contributed by atoms with Crippen LogP contribution >= 0.6 is 0 Å². The number of aryl methyl sites for hydroxylation is 1. The van der Waals surface area contributed by atoms with Gasteiger partial charge in [-0.3, -0.25) is 4.79 Å². The van der Waals surface area contributed by atoms with Gasteiger partial charge in [-0.05, 0) is 31.2 Å². The van der Waals surface area contributed by atoms with Crippen LogP contribution in [-0.2, 0) is 19.6 Å². The van der Waals surface area contributed by atoms with Crippen molar-refractivity contribution in [3.63, 3.8) is 0 Å². The fraction of sp³-hybridized carbons (Fsp3) is 0.391. The lowest BCUT2D eigenvalue weighted by atomic mass is 10.2. The zero-order valence-corrected chi connectivity index (χ0v) is 20.8. The van der Waals surface area contributed by atoms with Crippen molar-refractivity contribution in [3.8, 4) is 5.75 Å². The Morgan fingerprint density at radius 3 is 2.06 bits per heavy atom. The van der Waals surface area contributed by atoms with Gasteiger partial charge >= 0.3 is 12.1 Å². The summed E-state index contributed by atoms with van der Waals surface area (Å²) < 4.78 is 63.7. The molecule has 1 heterocycles. The number of anilines is 1. The predicted octanol–water partition coefficient (Wildman–Crippen LogP) is 2.61. The van der Waals surface area contributed by atoms with Gasteiger partial charge in [-0.1, -0.05) is 29.8 Å². The van der Waals surface area contributed by atoms with Crippen molar-refractivity contribution in [2.24, 2.45) is 0 Å². The number of hydrogen-bond donors (Lipinski definition) is 1. The molecule has 0 atom stereocenters. The van der Waals surface area contributed by atoms with Gasteiger partial charge in [0.15, 0.2) is 0 Å². The van der Waals surface area contributed by atoms with Crippen molar-refractivity contribution in [1.82, 2.24) is 9.21 Å². The number of carbonyl (C=O) groups excluding carboxylic acids is 1. The zero-order chi connectivity index (χ0) is 27.1. The SMILES string of the molecule is COc1ccccc1N1CCN(C(=O)CN(C)S(=O)(=O)c2ccc(C)cc2)CC1.O=C(O)C(F)(F)F. The molecule has 1 fully saturated rings. The Labute approximate surface area is 207 Å². The van der Waals surface area contributed by atoms with E-state index in [4.69, 9.17) is 14.6 Å². The van der Waals surface area contributed by atoms with Gasteiger partial charge in [-0.2, -0.15) is 17.5 Å². The number of carbonyl (C=O) groups is 2. The van der Waals surface area contributed by atoms with Crippen LogP contribution < -0.4 is 9.64 Å². The number of rotatable bonds is 6. The van der Waals surface area contributed by atoms with Crippen LogP contribution in [0.2, 0.25) is 0 Å². The molecular formula is C23H28F3N3O6S. The third-order valence-electron chi connectivity index (χ3n) is 5.39. The number of alkyl halides is 3. The van der Waals surface area contributed by atoms with E-state index >= 15 is 0 Å². The van der Waals surface area contributed by atoms with Crippen LogP contribution in [0.25, 0.3) is 0 Å². The number of benzene rings is 2. The van der Waals surface area contributed by atoms with E-state index in [2.05, 4.69) is 4.90 Å². The number of aliphatic carboxylic acids is 1. The Morgan fingerprint density at radius 2 is 1.56 bits per heavy atom. The summed E-state index contributed by atoms with van der Waals surface area (Å²) in [5, 5.41) is 7.12. The highest BCUT2D eigenvalue weighted by atomic mass is 32.2. The molecule has 1 aliphatic rings. The smallest absolute Gasteiger partial charge is 0.490 e. The molecule has 0 saturated carbocycles. The van der Waals surface area contributed by atoms with E-state index < -0.39 is 22.2 Å². The number of methoxy groups -OCH3 is 1. The van der Waals surface area contributed by atoms with Crippen molar-refractivity contribution in [2.75, 3.05) is 51.8 Å². The highest BCUT2D eigenvalue weighted by Gasteiger charge is 2.38. The average molecular weight is 532 g/mol. The van der Waals surface area contributed by atoms with E-state index in [0.717, 1.165) is 21.3 Å². The number of halogens is 3. The molecule has 13 heteroatoms. The second kappa shape index (κ2) is 12.1. The lowest BCUT2D eigenvalue weighted by Gasteiger charge is -2.37. The molecule has 2 aromatic carbocycles. The standard InChI is InChI=1S/C21H27N3O4S.C2HF3O2/c1-17-8-10-18(11-9-17)29(26,27)22(2)16-21(25)24-14-12-23(13-15-24)19-6-4-5-7-20(19)28-3;3-2(4,5)1(6)7/h4-11H,12-16H2,1-3H3;(H,6,7). The topological polar surface area (TPSA) is 107 Å². The van der Waals surface area contributed by atoms with Crippen LogP contribution in [0.3, 0.4) is 0 Å². The van der Waals surface area contributed by atoms with E-state index in [9.17, 15) is 26.4 Å². The third-order valence-corrected chi connectivity index (χ3v) is 7.21. The predicted molar refractivity (Wildman–Crippen MR) is 126 cm³/mol. The van der Waals surface area contributed by atoms with Crippen molar-refractivity contribution < 1.29 is 41.0 Å². The molecular weight excluding hydrogens is 503 g/mol. The van der Waals surface area contributed by atoms with Gasteiger partial charge in [0.25, 0.3) is 0 Å². The average Bonchev–Trinajstić information content (AvgIpc) is 2.84. The van der Waals surface area contributed by atoms with Crippen molar-refractivity contribution >= 4 is 27.6 Å². The summed E-state index contributed by atoms with van der Waals surface area (Å²) in [5.74, 6) is -2.15. The molecule has 0 aliphatic carbocycles. The van der Waals surface area contributed by atoms with Crippen LogP contribution in [0.1, 0.15) is 5.56 Å². The van der Waals surface area contributed by atoms with Crippen molar-refractivity contribution in [3.05, 3.63) is 54.1 Å². The first-order valence-corrected chi connectivity index (χ1v) is 12.2. The molecule has 0 bridgehead atoms. The lowest BCUT2D eigenvalue weighted by Crippen LogP contribution is -2.51. The molecule has 1 N–H and O–H groups in total. The van der Waals surface area contributed by atoms with Crippen molar-refractivity contribution in [1.29, 1.82) is 0 Å². The Kier molecular flexibility index (Phi) is 9.70. The summed E-state index contributed by atoms with van der Waals surface area (Å²) in [4.78, 5) is 25.7. The number of carboxylic acid groups (broad SMARTS) is 1. The monoisotopic (exact) mass is 531 g/mol. The minimum Gasteiger partial charge on any atom is -0.495 e. The van der Waals surface area contributed by atoms with Gasteiger partial charge in [-0.15, -0.1) is 0 Å². The summed E-state index contributed by atoms with van der Waals surface area (Å²) in [6.07, 6.45) is -5.08. The summed E-state index contributed by atoms with van der Waals surface area (Å²) in [7, 11) is -0.609. The van der Waals surface area contributed by atoms with Crippen LogP contribution in [0.5, 0.6) is 5.75 Å². The molecule has 1 saturated heterocycles. The molecule has 9 nitrogen and oxygen atoms in total. The van der Waals surface area contributed by atoms with E-state index in [-0.39, 0.29) is 17.3 Å². The molecule has 1 amide bonds. The first kappa shape index (κ1) is 28.9. The molecule has 0 aromatic heterocycles. The summed E-state index contributed by atoms with van der Waals surface area (Å²) in [6.45, 7) is 4.13. The minimum absolute atomic E-state index is 0.176. The van der Waals surface area contributed by atoms with E-state index in [1.54, 1.807) is 36.3 Å². The number of likely N-dealkylation sites (N-methyl/N-ethyl adjacent to an activating group) is 1. The second-order valence-electron chi connectivity index (χ2n) is 7.92. The molecule has 36 heavy (non-hydrogen) atoms. The molecule has 1 aliphatic heterocycles. The summed E-state index contributed by atoms with van der Waals surface area (Å²) in [6, 6.07) is 14.4. The highest BCUT2D eigenvalue weighted by Crippen LogP contribution is 2.28. The number of hydrogen-bond acceptors (Lipinski definition) is 6. The maximum atomic E-state index is 12.7. The second-order valence-corrected chi connectivity index (χ2v) is 9.96. The molecule has 0 radical (unpaired) electrons. The first-order chi connectivity index (χ1) is 16.8. The molecule has 0 unspecified atom stereocenters. The van der Waals surface area contributed by atoms with E-state index in [1.165, 1.54) is 7.05 Å². The largest absolute Gasteiger partial charge is 0.495 e. The third kappa shape index (κ3) is 7.59. The van der Waals surface area contributed by atoms with Crippen LogP contribution in [-0.4, -0.2) is 87.7 Å². The fourth-order valence-corrected chi connectivity index (χ4v) is 4.47. The normalized spacial score (nSPS) is 14.2. The number of ether oxygens (including phenoxy) is 1. The minimum atomic E-state index is -5.08. The fourth-order valence-electron chi connectivity index (χ4n) is 3.35. The molecule has 2 aromatic rings.